The van der Waals surface area contributed by atoms with Crippen LogP contribution >= 0.6 is 0 Å². The Morgan fingerprint density at radius 2 is 2.05 bits per heavy atom. The maximum atomic E-state index is 9.36. The number of methoxy groups -OCH3 is 1. The second-order valence-electron chi connectivity index (χ2n) is 4.34. The summed E-state index contributed by atoms with van der Waals surface area (Å²) in [5.74, 6) is 1.59. The van der Waals surface area contributed by atoms with Gasteiger partial charge >= 0.3 is 0 Å². The summed E-state index contributed by atoms with van der Waals surface area (Å²) in [6.07, 6.45) is -0.186. The van der Waals surface area contributed by atoms with E-state index in [9.17, 15) is 5.11 Å². The van der Waals surface area contributed by atoms with Gasteiger partial charge in [0.2, 0.25) is 5.89 Å². The highest BCUT2D eigenvalue weighted by atomic mass is 16.5. The smallest absolute Gasteiger partial charge is 0.246 e. The van der Waals surface area contributed by atoms with Crippen molar-refractivity contribution < 1.29 is 14.4 Å². The first kappa shape index (κ1) is 13.5. The largest absolute Gasteiger partial charge is 0.497 e. The van der Waals surface area contributed by atoms with Crippen molar-refractivity contribution >= 4 is 0 Å². The lowest BCUT2D eigenvalue weighted by Crippen LogP contribution is -2.23. The first-order valence-electron chi connectivity index (χ1n) is 5.99. The molecule has 0 bridgehead atoms. The molecule has 3 N–H and O–H groups in total. The molecule has 19 heavy (non-hydrogen) atoms. The highest BCUT2D eigenvalue weighted by molar-refractivity contribution is 5.28. The Kier molecular flexibility index (Phi) is 4.13. The summed E-state index contributed by atoms with van der Waals surface area (Å²) in [6, 6.07) is 6.96. The van der Waals surface area contributed by atoms with Gasteiger partial charge in [-0.2, -0.15) is 4.98 Å². The summed E-state index contributed by atoms with van der Waals surface area (Å²) in [7, 11) is 1.62. The van der Waals surface area contributed by atoms with E-state index < -0.39 is 12.1 Å². The highest BCUT2D eigenvalue weighted by Gasteiger charge is 2.19. The zero-order valence-electron chi connectivity index (χ0n) is 10.9. The zero-order valence-corrected chi connectivity index (χ0v) is 10.9. The van der Waals surface area contributed by atoms with Gasteiger partial charge < -0.3 is 20.1 Å². The molecular formula is C13H17N3O3. The van der Waals surface area contributed by atoms with E-state index in [1.807, 2.05) is 24.3 Å². The number of aliphatic hydroxyl groups excluding tert-OH is 1. The summed E-state index contributed by atoms with van der Waals surface area (Å²) in [6.45, 7) is 1.58. The molecule has 6 nitrogen and oxygen atoms in total. The van der Waals surface area contributed by atoms with E-state index in [2.05, 4.69) is 10.1 Å². The van der Waals surface area contributed by atoms with Crippen molar-refractivity contribution in [3.8, 4) is 5.75 Å². The lowest BCUT2D eigenvalue weighted by atomic mass is 10.1. The molecule has 0 fully saturated rings. The topological polar surface area (TPSA) is 94.4 Å². The normalized spacial score (nSPS) is 14.1. The number of hydrogen-bond donors (Lipinski definition) is 2. The van der Waals surface area contributed by atoms with Crippen molar-refractivity contribution in [2.75, 3.05) is 7.11 Å². The van der Waals surface area contributed by atoms with Crippen LogP contribution in [0, 0.1) is 0 Å². The average Bonchev–Trinajstić information content (AvgIpc) is 2.87. The number of aromatic nitrogens is 2. The number of nitrogens with zero attached hydrogens (tertiary/aromatic N) is 2. The van der Waals surface area contributed by atoms with Gasteiger partial charge in [-0.3, -0.25) is 0 Å². The Morgan fingerprint density at radius 1 is 1.37 bits per heavy atom. The van der Waals surface area contributed by atoms with Crippen LogP contribution in [0.15, 0.2) is 28.8 Å². The molecule has 1 aromatic heterocycles. The minimum Gasteiger partial charge on any atom is -0.497 e. The molecule has 2 unspecified atom stereocenters. The SMILES string of the molecule is COc1ccc(Cc2noc(C(N)C(C)O)n2)cc1. The van der Waals surface area contributed by atoms with E-state index in [1.165, 1.54) is 0 Å². The van der Waals surface area contributed by atoms with E-state index >= 15 is 0 Å². The number of aliphatic hydroxyl groups is 1. The Hall–Kier alpha value is -1.92. The lowest BCUT2D eigenvalue weighted by molar-refractivity contribution is 0.146. The molecular weight excluding hydrogens is 246 g/mol. The van der Waals surface area contributed by atoms with Gasteiger partial charge in [-0.05, 0) is 24.6 Å². The maximum absolute atomic E-state index is 9.36. The summed E-state index contributed by atoms with van der Waals surface area (Å²) < 4.78 is 10.1. The molecule has 102 valence electrons. The molecule has 1 heterocycles. The molecule has 0 aliphatic heterocycles. The third-order valence-corrected chi connectivity index (χ3v) is 2.81. The second kappa shape index (κ2) is 5.81. The standard InChI is InChI=1S/C13H17N3O3/c1-8(17)12(14)13-15-11(16-19-13)7-9-3-5-10(18-2)6-4-9/h3-6,8,12,17H,7,14H2,1-2H3. The van der Waals surface area contributed by atoms with Crippen LogP contribution in [0.1, 0.15) is 30.2 Å². The molecule has 0 aliphatic rings. The Morgan fingerprint density at radius 3 is 2.63 bits per heavy atom. The molecule has 0 spiro atoms. The third kappa shape index (κ3) is 3.30. The summed E-state index contributed by atoms with van der Waals surface area (Å²) in [4.78, 5) is 4.18. The van der Waals surface area contributed by atoms with Crippen LogP contribution in [0.2, 0.25) is 0 Å². The van der Waals surface area contributed by atoms with Crippen molar-refractivity contribution in [3.63, 3.8) is 0 Å². The molecule has 1 aromatic carbocycles. The predicted octanol–water partition coefficient (Wildman–Crippen LogP) is 1.05. The summed E-state index contributed by atoms with van der Waals surface area (Å²) >= 11 is 0. The van der Waals surface area contributed by atoms with Gasteiger partial charge in [0.05, 0.1) is 13.2 Å². The van der Waals surface area contributed by atoms with Crippen LogP contribution in [0.25, 0.3) is 0 Å². The molecule has 2 aromatic rings. The van der Waals surface area contributed by atoms with Crippen LogP contribution in [-0.4, -0.2) is 28.5 Å². The van der Waals surface area contributed by atoms with Crippen LogP contribution in [0.5, 0.6) is 5.75 Å². The fraction of sp³-hybridized carbons (Fsp3) is 0.385. The minimum absolute atomic E-state index is 0.249. The fourth-order valence-electron chi connectivity index (χ4n) is 1.61. The molecule has 0 aliphatic carbocycles. The highest BCUT2D eigenvalue weighted by Crippen LogP contribution is 2.16. The summed E-state index contributed by atoms with van der Waals surface area (Å²) in [5.41, 5.74) is 6.76. The van der Waals surface area contributed by atoms with E-state index in [4.69, 9.17) is 15.0 Å². The van der Waals surface area contributed by atoms with E-state index in [0.717, 1.165) is 11.3 Å². The van der Waals surface area contributed by atoms with Crippen LogP contribution in [0.4, 0.5) is 0 Å². The van der Waals surface area contributed by atoms with Crippen molar-refractivity contribution in [2.24, 2.45) is 5.73 Å². The first-order valence-corrected chi connectivity index (χ1v) is 5.99. The van der Waals surface area contributed by atoms with E-state index in [0.29, 0.717) is 12.2 Å². The maximum Gasteiger partial charge on any atom is 0.246 e. The molecule has 0 radical (unpaired) electrons. The van der Waals surface area contributed by atoms with Crippen molar-refractivity contribution in [1.82, 2.24) is 10.1 Å². The zero-order chi connectivity index (χ0) is 13.8. The van der Waals surface area contributed by atoms with Crippen LogP contribution in [0.3, 0.4) is 0 Å². The number of nitrogens with two attached hydrogens (primary N) is 1. The summed E-state index contributed by atoms with van der Waals surface area (Å²) in [5, 5.41) is 13.2. The predicted molar refractivity (Wildman–Crippen MR) is 68.7 cm³/mol. The van der Waals surface area contributed by atoms with Gasteiger partial charge in [0.25, 0.3) is 0 Å². The number of ether oxygens (including phenoxy) is 1. The Bertz CT molecular complexity index is 522. The lowest BCUT2D eigenvalue weighted by Gasteiger charge is -2.08. The number of benzene rings is 1. The van der Waals surface area contributed by atoms with Gasteiger partial charge in [-0.1, -0.05) is 17.3 Å². The van der Waals surface area contributed by atoms with Crippen molar-refractivity contribution in [1.29, 1.82) is 0 Å². The van der Waals surface area contributed by atoms with E-state index in [1.54, 1.807) is 14.0 Å². The first-order chi connectivity index (χ1) is 9.10. The quantitative estimate of drug-likeness (QED) is 0.837. The molecule has 0 amide bonds. The minimum atomic E-state index is -0.728. The van der Waals surface area contributed by atoms with Crippen molar-refractivity contribution in [2.45, 2.75) is 25.5 Å². The third-order valence-electron chi connectivity index (χ3n) is 2.81. The van der Waals surface area contributed by atoms with Gasteiger partial charge in [0.15, 0.2) is 5.82 Å². The van der Waals surface area contributed by atoms with E-state index in [-0.39, 0.29) is 5.89 Å². The molecule has 0 saturated heterocycles. The Labute approximate surface area is 111 Å². The monoisotopic (exact) mass is 263 g/mol. The van der Waals surface area contributed by atoms with Gasteiger partial charge in [-0.15, -0.1) is 0 Å². The van der Waals surface area contributed by atoms with Crippen molar-refractivity contribution in [3.05, 3.63) is 41.5 Å². The molecule has 0 saturated carbocycles. The number of rotatable bonds is 5. The van der Waals surface area contributed by atoms with Crippen LogP contribution < -0.4 is 10.5 Å². The second-order valence-corrected chi connectivity index (χ2v) is 4.34. The number of hydrogen-bond acceptors (Lipinski definition) is 6. The van der Waals surface area contributed by atoms with Crippen LogP contribution in [-0.2, 0) is 6.42 Å². The van der Waals surface area contributed by atoms with Gasteiger partial charge in [-0.25, -0.2) is 0 Å². The molecule has 2 rings (SSSR count). The van der Waals surface area contributed by atoms with Gasteiger partial charge in [0, 0.05) is 6.42 Å². The fourth-order valence-corrected chi connectivity index (χ4v) is 1.61. The van der Waals surface area contributed by atoms with Gasteiger partial charge in [0.1, 0.15) is 11.8 Å². The Balaban J connectivity index is 2.06. The molecule has 6 heteroatoms. The molecule has 2 atom stereocenters. The average molecular weight is 263 g/mol.